The van der Waals surface area contributed by atoms with E-state index in [2.05, 4.69) is 12.2 Å². The Bertz CT molecular complexity index is 1390. The number of nitrogens with zero attached hydrogens (tertiary/aromatic N) is 1. The molecule has 1 saturated carbocycles. The van der Waals surface area contributed by atoms with Crippen molar-refractivity contribution < 1.29 is 9.18 Å². The molecular formula is C28H26ClFN2O2. The zero-order valence-corrected chi connectivity index (χ0v) is 19.9. The molecule has 1 N–H and O–H groups in total. The van der Waals surface area contributed by atoms with Gasteiger partial charge in [0.05, 0.1) is 5.56 Å². The molecule has 1 heterocycles. The summed E-state index contributed by atoms with van der Waals surface area (Å²) >= 11 is 5.99. The molecule has 1 aliphatic rings. The van der Waals surface area contributed by atoms with Crippen LogP contribution in [0.25, 0.3) is 16.5 Å². The van der Waals surface area contributed by atoms with Gasteiger partial charge in [0, 0.05) is 33.7 Å². The van der Waals surface area contributed by atoms with E-state index in [9.17, 15) is 14.0 Å². The first-order valence-electron chi connectivity index (χ1n) is 11.3. The van der Waals surface area contributed by atoms with Crippen LogP contribution in [0.1, 0.15) is 41.4 Å². The molecule has 1 amide bonds. The average Bonchev–Trinajstić information content (AvgIpc) is 3.61. The van der Waals surface area contributed by atoms with Gasteiger partial charge in [-0.3, -0.25) is 14.2 Å². The number of carbonyl (C=O) groups excluding carboxylic acids is 1. The third kappa shape index (κ3) is 5.37. The van der Waals surface area contributed by atoms with Crippen LogP contribution in [0.2, 0.25) is 5.02 Å². The van der Waals surface area contributed by atoms with Crippen molar-refractivity contribution in [2.45, 2.75) is 33.2 Å². The summed E-state index contributed by atoms with van der Waals surface area (Å²) in [5.41, 5.74) is 1.96. The number of hydrogen-bond acceptors (Lipinski definition) is 2. The van der Waals surface area contributed by atoms with Crippen molar-refractivity contribution in [3.05, 3.63) is 111 Å². The number of aromatic nitrogens is 1. The summed E-state index contributed by atoms with van der Waals surface area (Å²) in [4.78, 5) is 26.3. The number of halogens is 2. The lowest BCUT2D eigenvalue weighted by atomic mass is 10.0. The first kappa shape index (κ1) is 23.7. The number of pyridine rings is 1. The fraction of sp³-hybridized carbons (Fsp3) is 0.214. The van der Waals surface area contributed by atoms with E-state index in [4.69, 9.17) is 11.6 Å². The summed E-state index contributed by atoms with van der Waals surface area (Å²) < 4.78 is 14.9. The standard InChI is InChI=1S/C24H18ClFN2O2.C4H8/c1-15-22(23(29)27-14-16-5-4-6-18(26)13-16)20-7-2-3-8-21(20)24(30)28(15)19-11-9-17(25)10-12-19;1-4-2-3-4/h2-13H,14H2,1H3,(H,27,29);4H,2-3H2,1H3. The van der Waals surface area contributed by atoms with Crippen molar-refractivity contribution in [2.75, 3.05) is 0 Å². The lowest BCUT2D eigenvalue weighted by Gasteiger charge is -2.17. The van der Waals surface area contributed by atoms with Crippen LogP contribution in [0, 0.1) is 18.7 Å². The minimum absolute atomic E-state index is 0.171. The monoisotopic (exact) mass is 476 g/mol. The van der Waals surface area contributed by atoms with Crippen LogP contribution in [0.5, 0.6) is 0 Å². The maximum Gasteiger partial charge on any atom is 0.263 e. The summed E-state index contributed by atoms with van der Waals surface area (Å²) in [6.45, 7) is 4.18. The van der Waals surface area contributed by atoms with Crippen molar-refractivity contribution >= 4 is 28.3 Å². The Hall–Kier alpha value is -3.44. The number of fused-ring (bicyclic) bond motifs is 1. The molecule has 4 nitrogen and oxygen atoms in total. The lowest BCUT2D eigenvalue weighted by Crippen LogP contribution is -2.29. The molecule has 1 fully saturated rings. The highest BCUT2D eigenvalue weighted by Gasteiger charge is 2.20. The molecule has 3 aromatic carbocycles. The summed E-state index contributed by atoms with van der Waals surface area (Å²) in [5.74, 6) is 0.385. The maximum absolute atomic E-state index is 13.4. The van der Waals surface area contributed by atoms with E-state index in [1.165, 1.54) is 29.5 Å². The first-order chi connectivity index (χ1) is 16.3. The lowest BCUT2D eigenvalue weighted by molar-refractivity contribution is 0.0951. The third-order valence-electron chi connectivity index (χ3n) is 5.85. The topological polar surface area (TPSA) is 51.1 Å². The zero-order chi connectivity index (χ0) is 24.2. The minimum atomic E-state index is -0.361. The minimum Gasteiger partial charge on any atom is -0.348 e. The molecule has 174 valence electrons. The van der Waals surface area contributed by atoms with E-state index in [0.717, 1.165) is 5.92 Å². The van der Waals surface area contributed by atoms with Gasteiger partial charge < -0.3 is 5.32 Å². The SMILES string of the molecule is CC1CC1.Cc1c(C(=O)NCc2cccc(F)c2)c2ccccc2c(=O)n1-c1ccc(Cl)cc1. The van der Waals surface area contributed by atoms with Crippen molar-refractivity contribution in [3.63, 3.8) is 0 Å². The fourth-order valence-electron chi connectivity index (χ4n) is 3.74. The Labute approximate surface area is 203 Å². The summed E-state index contributed by atoms with van der Waals surface area (Å²) in [6.07, 6.45) is 2.97. The molecule has 0 aliphatic heterocycles. The van der Waals surface area contributed by atoms with Crippen molar-refractivity contribution in [2.24, 2.45) is 5.92 Å². The van der Waals surface area contributed by atoms with Gasteiger partial charge in [-0.05, 0) is 60.9 Å². The Kier molecular flexibility index (Phi) is 7.13. The van der Waals surface area contributed by atoms with E-state index in [-0.39, 0.29) is 23.8 Å². The molecule has 0 spiro atoms. The smallest absolute Gasteiger partial charge is 0.263 e. The van der Waals surface area contributed by atoms with Crippen molar-refractivity contribution in [1.29, 1.82) is 0 Å². The largest absolute Gasteiger partial charge is 0.348 e. The van der Waals surface area contributed by atoms with Crippen LogP contribution in [-0.4, -0.2) is 10.5 Å². The second-order valence-corrected chi connectivity index (χ2v) is 9.05. The Morgan fingerprint density at radius 2 is 1.68 bits per heavy atom. The molecular weight excluding hydrogens is 451 g/mol. The molecule has 0 unspecified atom stereocenters. The van der Waals surface area contributed by atoms with E-state index < -0.39 is 0 Å². The van der Waals surface area contributed by atoms with Gasteiger partial charge in [-0.15, -0.1) is 0 Å². The molecule has 4 aromatic rings. The molecule has 1 aliphatic carbocycles. The normalized spacial score (nSPS) is 12.7. The summed E-state index contributed by atoms with van der Waals surface area (Å²) in [7, 11) is 0. The number of benzene rings is 3. The molecule has 0 atom stereocenters. The third-order valence-corrected chi connectivity index (χ3v) is 6.10. The van der Waals surface area contributed by atoms with Gasteiger partial charge in [0.1, 0.15) is 5.82 Å². The fourth-order valence-corrected chi connectivity index (χ4v) is 3.87. The van der Waals surface area contributed by atoms with Crippen molar-refractivity contribution in [1.82, 2.24) is 9.88 Å². The Morgan fingerprint density at radius 3 is 2.29 bits per heavy atom. The van der Waals surface area contributed by atoms with E-state index in [1.807, 2.05) is 0 Å². The van der Waals surface area contributed by atoms with Gasteiger partial charge in [-0.2, -0.15) is 0 Å². The van der Waals surface area contributed by atoms with Crippen LogP contribution in [0.15, 0.2) is 77.6 Å². The van der Waals surface area contributed by atoms with Crippen LogP contribution in [0.4, 0.5) is 4.39 Å². The predicted molar refractivity (Wildman–Crippen MR) is 135 cm³/mol. The molecule has 6 heteroatoms. The second-order valence-electron chi connectivity index (χ2n) is 8.62. The zero-order valence-electron chi connectivity index (χ0n) is 19.1. The van der Waals surface area contributed by atoms with Gasteiger partial charge in [0.15, 0.2) is 0 Å². The highest BCUT2D eigenvalue weighted by Crippen LogP contribution is 2.26. The maximum atomic E-state index is 13.4. The Balaban J connectivity index is 0.000000620. The quantitative estimate of drug-likeness (QED) is 0.368. The molecule has 0 saturated heterocycles. The van der Waals surface area contributed by atoms with Gasteiger partial charge in [-0.25, -0.2) is 4.39 Å². The molecule has 1 aromatic heterocycles. The highest BCUT2D eigenvalue weighted by molar-refractivity contribution is 6.30. The van der Waals surface area contributed by atoms with Gasteiger partial charge >= 0.3 is 0 Å². The summed E-state index contributed by atoms with van der Waals surface area (Å²) in [5, 5.41) is 4.40. The number of rotatable bonds is 4. The molecule has 34 heavy (non-hydrogen) atoms. The van der Waals surface area contributed by atoms with E-state index in [0.29, 0.717) is 38.3 Å². The number of carbonyl (C=O) groups is 1. The summed E-state index contributed by atoms with van der Waals surface area (Å²) in [6, 6.07) is 19.9. The van der Waals surface area contributed by atoms with Crippen LogP contribution in [-0.2, 0) is 6.54 Å². The van der Waals surface area contributed by atoms with E-state index >= 15 is 0 Å². The van der Waals surface area contributed by atoms with Crippen molar-refractivity contribution in [3.8, 4) is 5.69 Å². The van der Waals surface area contributed by atoms with Gasteiger partial charge in [0.25, 0.3) is 11.5 Å². The molecule has 0 radical (unpaired) electrons. The van der Waals surface area contributed by atoms with Gasteiger partial charge in [-0.1, -0.05) is 61.7 Å². The second kappa shape index (κ2) is 10.2. The molecule has 5 rings (SSSR count). The van der Waals surface area contributed by atoms with Crippen LogP contribution >= 0.6 is 11.6 Å². The number of amides is 1. The highest BCUT2D eigenvalue weighted by atomic mass is 35.5. The van der Waals surface area contributed by atoms with E-state index in [1.54, 1.807) is 67.6 Å². The Morgan fingerprint density at radius 1 is 1.03 bits per heavy atom. The predicted octanol–water partition coefficient (Wildman–Crippen LogP) is 6.44. The average molecular weight is 477 g/mol. The molecule has 0 bridgehead atoms. The first-order valence-corrected chi connectivity index (χ1v) is 11.7. The van der Waals surface area contributed by atoms with Crippen LogP contribution < -0.4 is 10.9 Å². The number of nitrogens with one attached hydrogen (secondary N) is 1. The number of hydrogen-bond donors (Lipinski definition) is 1. The van der Waals surface area contributed by atoms with Gasteiger partial charge in [0.2, 0.25) is 0 Å². The van der Waals surface area contributed by atoms with Crippen LogP contribution in [0.3, 0.4) is 0 Å².